The third kappa shape index (κ3) is 6.24. The second-order valence-electron chi connectivity index (χ2n) is 5.96. The number of sulfonamides is 1. The summed E-state index contributed by atoms with van der Waals surface area (Å²) in [5, 5.41) is 3.38. The first-order chi connectivity index (χ1) is 12.1. The fourth-order valence-electron chi connectivity index (χ4n) is 2.28. The van der Waals surface area contributed by atoms with Crippen LogP contribution in [0.4, 0.5) is 5.69 Å². The summed E-state index contributed by atoms with van der Waals surface area (Å²) in [5.41, 5.74) is 2.05. The number of rotatable bonds is 7. The summed E-state index contributed by atoms with van der Waals surface area (Å²) in [7, 11) is -3.35. The number of carbonyl (C=O) groups excluding carboxylic acids is 1. The van der Waals surface area contributed by atoms with Gasteiger partial charge in [-0.05, 0) is 55.3 Å². The fourth-order valence-corrected chi connectivity index (χ4v) is 3.06. The molecule has 2 rings (SSSR count). The molecule has 140 valence electrons. The van der Waals surface area contributed by atoms with Crippen molar-refractivity contribution in [3.05, 3.63) is 58.6 Å². The van der Waals surface area contributed by atoms with Crippen LogP contribution >= 0.6 is 11.6 Å². The Bertz CT molecular complexity index is 900. The van der Waals surface area contributed by atoms with Gasteiger partial charge in [0.1, 0.15) is 5.75 Å². The molecule has 0 fully saturated rings. The lowest BCUT2D eigenvalue weighted by Crippen LogP contribution is -2.36. The van der Waals surface area contributed by atoms with Crippen LogP contribution in [0.5, 0.6) is 5.75 Å². The molecule has 0 aliphatic rings. The molecule has 0 saturated carbocycles. The predicted molar refractivity (Wildman–Crippen MR) is 103 cm³/mol. The maximum atomic E-state index is 12.2. The first-order valence-electron chi connectivity index (χ1n) is 7.91. The predicted octanol–water partition coefficient (Wildman–Crippen LogP) is 3.10. The summed E-state index contributed by atoms with van der Waals surface area (Å²) in [6.07, 6.45) is 0.395. The number of carbonyl (C=O) groups is 1. The Morgan fingerprint density at radius 1 is 1.23 bits per heavy atom. The van der Waals surface area contributed by atoms with Crippen molar-refractivity contribution in [2.24, 2.45) is 0 Å². The zero-order chi connectivity index (χ0) is 19.3. The van der Waals surface area contributed by atoms with Crippen LogP contribution < -0.4 is 14.8 Å². The van der Waals surface area contributed by atoms with Gasteiger partial charge in [-0.1, -0.05) is 23.7 Å². The van der Waals surface area contributed by atoms with Gasteiger partial charge in [-0.3, -0.25) is 9.52 Å². The minimum absolute atomic E-state index is 0.255. The van der Waals surface area contributed by atoms with E-state index in [-0.39, 0.29) is 12.5 Å². The van der Waals surface area contributed by atoms with Crippen molar-refractivity contribution in [2.45, 2.75) is 26.5 Å². The highest BCUT2D eigenvalue weighted by Crippen LogP contribution is 2.22. The van der Waals surface area contributed by atoms with Crippen molar-refractivity contribution >= 4 is 33.2 Å². The summed E-state index contributed by atoms with van der Waals surface area (Å²) >= 11 is 5.91. The smallest absolute Gasteiger partial charge is 0.261 e. The van der Waals surface area contributed by atoms with Crippen molar-refractivity contribution in [3.63, 3.8) is 0 Å². The highest BCUT2D eigenvalue weighted by Gasteiger charge is 2.15. The van der Waals surface area contributed by atoms with E-state index < -0.39 is 16.1 Å². The SMILES string of the molecule is Cc1cc(Cl)ccc1OC(C)C(=O)NCc1cccc(NS(C)(=O)=O)c1. The summed E-state index contributed by atoms with van der Waals surface area (Å²) in [5.74, 6) is 0.317. The van der Waals surface area contributed by atoms with E-state index in [0.29, 0.717) is 16.5 Å². The first kappa shape index (κ1) is 20.1. The Morgan fingerprint density at radius 2 is 1.96 bits per heavy atom. The number of nitrogens with one attached hydrogen (secondary N) is 2. The van der Waals surface area contributed by atoms with Crippen LogP contribution in [0, 0.1) is 6.92 Å². The van der Waals surface area contributed by atoms with Gasteiger partial charge in [0.05, 0.1) is 6.26 Å². The molecule has 1 amide bonds. The van der Waals surface area contributed by atoms with E-state index in [1.54, 1.807) is 49.4 Å². The largest absolute Gasteiger partial charge is 0.481 e. The minimum Gasteiger partial charge on any atom is -0.481 e. The summed E-state index contributed by atoms with van der Waals surface area (Å²) in [4.78, 5) is 12.2. The fraction of sp³-hybridized carbons (Fsp3) is 0.278. The number of amides is 1. The molecule has 6 nitrogen and oxygen atoms in total. The number of halogens is 1. The number of benzene rings is 2. The van der Waals surface area contributed by atoms with Crippen LogP contribution in [0.2, 0.25) is 5.02 Å². The molecule has 2 N–H and O–H groups in total. The van der Waals surface area contributed by atoms with Crippen LogP contribution in [0.3, 0.4) is 0 Å². The quantitative estimate of drug-likeness (QED) is 0.753. The second-order valence-corrected chi connectivity index (χ2v) is 8.15. The van der Waals surface area contributed by atoms with Crippen molar-refractivity contribution in [3.8, 4) is 5.75 Å². The van der Waals surface area contributed by atoms with Crippen LogP contribution in [-0.2, 0) is 21.4 Å². The van der Waals surface area contributed by atoms with Gasteiger partial charge in [0.2, 0.25) is 10.0 Å². The maximum Gasteiger partial charge on any atom is 0.261 e. The van der Waals surface area contributed by atoms with Gasteiger partial charge >= 0.3 is 0 Å². The monoisotopic (exact) mass is 396 g/mol. The van der Waals surface area contributed by atoms with E-state index >= 15 is 0 Å². The van der Waals surface area contributed by atoms with Crippen LogP contribution in [0.15, 0.2) is 42.5 Å². The molecule has 2 aromatic carbocycles. The summed E-state index contributed by atoms with van der Waals surface area (Å²) < 4.78 is 30.6. The Morgan fingerprint density at radius 3 is 2.62 bits per heavy atom. The molecular formula is C18H21ClN2O4S. The van der Waals surface area contributed by atoms with E-state index in [0.717, 1.165) is 17.4 Å². The molecule has 1 atom stereocenters. The molecule has 0 aromatic heterocycles. The third-order valence-corrected chi connectivity index (χ3v) is 4.35. The van der Waals surface area contributed by atoms with E-state index in [1.165, 1.54) is 0 Å². The lowest BCUT2D eigenvalue weighted by atomic mass is 10.2. The molecule has 26 heavy (non-hydrogen) atoms. The zero-order valence-electron chi connectivity index (χ0n) is 14.7. The van der Waals surface area contributed by atoms with Crippen LogP contribution in [-0.4, -0.2) is 26.7 Å². The average molecular weight is 397 g/mol. The minimum atomic E-state index is -3.35. The van der Waals surface area contributed by atoms with Crippen molar-refractivity contribution < 1.29 is 17.9 Å². The van der Waals surface area contributed by atoms with Crippen LogP contribution in [0.1, 0.15) is 18.1 Å². The number of hydrogen-bond donors (Lipinski definition) is 2. The normalized spacial score (nSPS) is 12.3. The Kier molecular flexibility index (Phi) is 6.50. The summed E-state index contributed by atoms with van der Waals surface area (Å²) in [6.45, 7) is 3.77. The molecule has 0 spiro atoms. The zero-order valence-corrected chi connectivity index (χ0v) is 16.3. The summed E-state index contributed by atoms with van der Waals surface area (Å²) in [6, 6.07) is 12.0. The van der Waals surface area contributed by atoms with Crippen molar-refractivity contribution in [2.75, 3.05) is 11.0 Å². The topological polar surface area (TPSA) is 84.5 Å². The Labute approximate surface area is 158 Å². The molecule has 8 heteroatoms. The molecular weight excluding hydrogens is 376 g/mol. The van der Waals surface area contributed by atoms with Gasteiger partial charge in [0, 0.05) is 17.3 Å². The molecule has 0 saturated heterocycles. The second kappa shape index (κ2) is 8.42. The van der Waals surface area contributed by atoms with E-state index in [9.17, 15) is 13.2 Å². The number of aryl methyl sites for hydroxylation is 1. The van der Waals surface area contributed by atoms with Crippen molar-refractivity contribution in [1.82, 2.24) is 5.32 Å². The molecule has 2 aromatic rings. The first-order valence-corrected chi connectivity index (χ1v) is 10.2. The molecule has 0 aliphatic carbocycles. The highest BCUT2D eigenvalue weighted by atomic mass is 35.5. The molecule has 1 unspecified atom stereocenters. The third-order valence-electron chi connectivity index (χ3n) is 3.51. The van der Waals surface area contributed by atoms with Gasteiger partial charge in [-0.15, -0.1) is 0 Å². The van der Waals surface area contributed by atoms with Gasteiger partial charge in [-0.25, -0.2) is 8.42 Å². The van der Waals surface area contributed by atoms with Gasteiger partial charge < -0.3 is 10.1 Å². The lowest BCUT2D eigenvalue weighted by molar-refractivity contribution is -0.127. The standard InChI is InChI=1S/C18H21ClN2O4S/c1-12-9-15(19)7-8-17(12)25-13(2)18(22)20-11-14-5-4-6-16(10-14)21-26(3,23)24/h4-10,13,21H,11H2,1-3H3,(H,20,22). The number of hydrogen-bond acceptors (Lipinski definition) is 4. The lowest BCUT2D eigenvalue weighted by Gasteiger charge is -2.16. The van der Waals surface area contributed by atoms with Gasteiger partial charge in [0.25, 0.3) is 5.91 Å². The van der Waals surface area contributed by atoms with Gasteiger partial charge in [-0.2, -0.15) is 0 Å². The molecule has 0 radical (unpaired) electrons. The number of ether oxygens (including phenoxy) is 1. The van der Waals surface area contributed by atoms with E-state index in [4.69, 9.17) is 16.3 Å². The average Bonchev–Trinajstić information content (AvgIpc) is 2.54. The van der Waals surface area contributed by atoms with Crippen LogP contribution in [0.25, 0.3) is 0 Å². The Balaban J connectivity index is 1.94. The van der Waals surface area contributed by atoms with E-state index in [1.807, 2.05) is 6.92 Å². The highest BCUT2D eigenvalue weighted by molar-refractivity contribution is 7.92. The maximum absolute atomic E-state index is 12.2. The molecule has 0 heterocycles. The van der Waals surface area contributed by atoms with Gasteiger partial charge in [0.15, 0.2) is 6.10 Å². The molecule has 0 bridgehead atoms. The number of anilines is 1. The molecule has 0 aliphatic heterocycles. The Hall–Kier alpha value is -2.25. The van der Waals surface area contributed by atoms with E-state index in [2.05, 4.69) is 10.0 Å². The van der Waals surface area contributed by atoms with Crippen molar-refractivity contribution in [1.29, 1.82) is 0 Å².